The Bertz CT molecular complexity index is 946. The lowest BCUT2D eigenvalue weighted by Crippen LogP contribution is -2.46. The van der Waals surface area contributed by atoms with Crippen LogP contribution in [0.5, 0.6) is 5.75 Å². The fourth-order valence-corrected chi connectivity index (χ4v) is 4.23. The number of ether oxygens (including phenoxy) is 1. The van der Waals surface area contributed by atoms with Gasteiger partial charge in [-0.25, -0.2) is 4.98 Å². The molecule has 0 radical (unpaired) electrons. The molecule has 1 saturated heterocycles. The van der Waals surface area contributed by atoms with Crippen LogP contribution in [0.2, 0.25) is 0 Å². The first-order valence-corrected chi connectivity index (χ1v) is 11.3. The lowest BCUT2D eigenvalue weighted by Gasteiger charge is -2.40. The standard InChI is InChI=1S/C24H28F6N2O2/c1-3-5-20(33)19-12-15(23(25,26)27)6-8-21(19)34-18-10-11-32(17(4-2)13-18)22-9-7-16(14-31-22)24(28,29)30/h6-9,12,14,17-18,20,33H,3-5,10-11,13H2,1-2H3/t17-,18-,20?/m0/s1. The molecule has 4 nitrogen and oxygen atoms in total. The van der Waals surface area contributed by atoms with Crippen molar-refractivity contribution in [1.82, 2.24) is 4.98 Å². The van der Waals surface area contributed by atoms with Crippen LogP contribution < -0.4 is 9.64 Å². The highest BCUT2D eigenvalue weighted by molar-refractivity contribution is 5.43. The van der Waals surface area contributed by atoms with Crippen molar-refractivity contribution in [2.24, 2.45) is 0 Å². The summed E-state index contributed by atoms with van der Waals surface area (Å²) in [6, 6.07) is 5.41. The second-order valence-corrected chi connectivity index (χ2v) is 8.48. The van der Waals surface area contributed by atoms with E-state index in [9.17, 15) is 31.4 Å². The van der Waals surface area contributed by atoms with Crippen molar-refractivity contribution in [3.8, 4) is 5.75 Å². The number of rotatable bonds is 7. The third kappa shape index (κ3) is 6.14. The van der Waals surface area contributed by atoms with Gasteiger partial charge in [0.05, 0.1) is 17.2 Å². The Morgan fingerprint density at radius 3 is 2.29 bits per heavy atom. The van der Waals surface area contributed by atoms with E-state index in [1.165, 1.54) is 12.1 Å². The molecule has 2 aromatic rings. The number of alkyl halides is 6. The van der Waals surface area contributed by atoms with E-state index in [1.54, 1.807) is 0 Å². The second-order valence-electron chi connectivity index (χ2n) is 8.48. The van der Waals surface area contributed by atoms with E-state index >= 15 is 0 Å². The van der Waals surface area contributed by atoms with Crippen LogP contribution >= 0.6 is 0 Å². The minimum Gasteiger partial charge on any atom is -0.490 e. The predicted octanol–water partition coefficient (Wildman–Crippen LogP) is 6.78. The molecule has 0 amide bonds. The number of aliphatic hydroxyl groups excluding tert-OH is 1. The first-order chi connectivity index (χ1) is 15.9. The zero-order chi connectivity index (χ0) is 25.1. The summed E-state index contributed by atoms with van der Waals surface area (Å²) in [6.45, 7) is 4.24. The average Bonchev–Trinajstić information content (AvgIpc) is 2.78. The van der Waals surface area contributed by atoms with Gasteiger partial charge in [-0.15, -0.1) is 0 Å². The molecule has 1 aromatic heterocycles. The van der Waals surface area contributed by atoms with E-state index in [0.717, 1.165) is 24.4 Å². The first kappa shape index (κ1) is 26.1. The van der Waals surface area contributed by atoms with Crippen LogP contribution in [0, 0.1) is 0 Å². The maximum atomic E-state index is 13.2. The molecule has 10 heteroatoms. The predicted molar refractivity (Wildman–Crippen MR) is 116 cm³/mol. The maximum absolute atomic E-state index is 13.2. The average molecular weight is 490 g/mol. The van der Waals surface area contributed by atoms with Crippen LogP contribution in [0.25, 0.3) is 0 Å². The van der Waals surface area contributed by atoms with Gasteiger partial charge in [-0.2, -0.15) is 26.3 Å². The van der Waals surface area contributed by atoms with Crippen LogP contribution in [0.4, 0.5) is 32.2 Å². The Balaban J connectivity index is 1.77. The molecule has 3 rings (SSSR count). The lowest BCUT2D eigenvalue weighted by molar-refractivity contribution is -0.138. The highest BCUT2D eigenvalue weighted by atomic mass is 19.4. The number of pyridine rings is 1. The topological polar surface area (TPSA) is 45.6 Å². The molecular formula is C24H28F6N2O2. The third-order valence-electron chi connectivity index (χ3n) is 6.06. The molecule has 1 unspecified atom stereocenters. The number of piperidine rings is 1. The van der Waals surface area contributed by atoms with Gasteiger partial charge < -0.3 is 14.7 Å². The van der Waals surface area contributed by atoms with Gasteiger partial charge in [0.2, 0.25) is 0 Å². The van der Waals surface area contributed by atoms with Gasteiger partial charge in [0.1, 0.15) is 17.7 Å². The number of halogens is 6. The summed E-state index contributed by atoms with van der Waals surface area (Å²) in [6.07, 6.45) is -6.99. The van der Waals surface area contributed by atoms with Crippen molar-refractivity contribution in [2.75, 3.05) is 11.4 Å². The van der Waals surface area contributed by atoms with E-state index in [4.69, 9.17) is 4.74 Å². The molecule has 0 aliphatic carbocycles. The highest BCUT2D eigenvalue weighted by Crippen LogP contribution is 2.38. The normalized spacial score (nSPS) is 20.3. The Kier molecular flexibility index (Phi) is 8.00. The van der Waals surface area contributed by atoms with Crippen LogP contribution in [0.15, 0.2) is 36.5 Å². The summed E-state index contributed by atoms with van der Waals surface area (Å²) in [5.41, 5.74) is -1.56. The van der Waals surface area contributed by atoms with Gasteiger partial charge >= 0.3 is 12.4 Å². The molecule has 0 spiro atoms. The van der Waals surface area contributed by atoms with Crippen LogP contribution in [0.3, 0.4) is 0 Å². The minimum absolute atomic E-state index is 0.0681. The van der Waals surface area contributed by atoms with Crippen LogP contribution in [-0.2, 0) is 12.4 Å². The van der Waals surface area contributed by atoms with Crippen LogP contribution in [0.1, 0.15) is 68.7 Å². The van der Waals surface area contributed by atoms with Gasteiger partial charge in [0.25, 0.3) is 0 Å². The quantitative estimate of drug-likeness (QED) is 0.435. The zero-order valence-electron chi connectivity index (χ0n) is 19.0. The van der Waals surface area contributed by atoms with Crippen LogP contribution in [-0.4, -0.2) is 28.8 Å². The molecule has 188 valence electrons. The fraction of sp³-hybridized carbons (Fsp3) is 0.542. The van der Waals surface area contributed by atoms with Crippen molar-refractivity contribution in [3.63, 3.8) is 0 Å². The first-order valence-electron chi connectivity index (χ1n) is 11.3. The number of hydrogen-bond acceptors (Lipinski definition) is 4. The van der Waals surface area contributed by atoms with Gasteiger partial charge in [0.15, 0.2) is 0 Å². The summed E-state index contributed by atoms with van der Waals surface area (Å²) in [5, 5.41) is 10.4. The molecule has 1 fully saturated rings. The monoisotopic (exact) mass is 490 g/mol. The van der Waals surface area contributed by atoms with Crippen molar-refractivity contribution in [3.05, 3.63) is 53.2 Å². The van der Waals surface area contributed by atoms with E-state index in [0.29, 0.717) is 44.5 Å². The number of aliphatic hydroxyl groups is 1. The van der Waals surface area contributed by atoms with Crippen molar-refractivity contribution < 1.29 is 36.2 Å². The smallest absolute Gasteiger partial charge is 0.417 e. The van der Waals surface area contributed by atoms with E-state index in [-0.39, 0.29) is 23.5 Å². The van der Waals surface area contributed by atoms with Gasteiger partial charge in [-0.05, 0) is 43.2 Å². The zero-order valence-corrected chi connectivity index (χ0v) is 19.0. The van der Waals surface area contributed by atoms with Gasteiger partial charge in [-0.3, -0.25) is 0 Å². The number of benzene rings is 1. The molecular weight excluding hydrogens is 462 g/mol. The van der Waals surface area contributed by atoms with Gasteiger partial charge in [0, 0.05) is 37.2 Å². The molecule has 2 heterocycles. The van der Waals surface area contributed by atoms with E-state index in [2.05, 4.69) is 4.98 Å². The SMILES string of the molecule is CCCC(O)c1cc(C(F)(F)F)ccc1O[C@H]1CCN(c2ccc(C(F)(F)F)cn2)[C@@H](CC)C1. The van der Waals surface area contributed by atoms with Crippen molar-refractivity contribution >= 4 is 5.82 Å². The molecule has 34 heavy (non-hydrogen) atoms. The second kappa shape index (κ2) is 10.4. The Morgan fingerprint density at radius 2 is 1.74 bits per heavy atom. The third-order valence-corrected chi connectivity index (χ3v) is 6.06. The lowest BCUT2D eigenvalue weighted by atomic mass is 9.96. The molecule has 1 aliphatic heterocycles. The summed E-state index contributed by atoms with van der Waals surface area (Å²) in [7, 11) is 0. The summed E-state index contributed by atoms with van der Waals surface area (Å²) in [5.74, 6) is 0.654. The minimum atomic E-state index is -4.54. The number of nitrogens with zero attached hydrogens (tertiary/aromatic N) is 2. The Hall–Kier alpha value is -2.49. The number of anilines is 1. The highest BCUT2D eigenvalue weighted by Gasteiger charge is 2.35. The molecule has 1 aliphatic rings. The summed E-state index contributed by atoms with van der Waals surface area (Å²) >= 11 is 0. The molecule has 3 atom stereocenters. The summed E-state index contributed by atoms with van der Waals surface area (Å²) < 4.78 is 84.2. The fourth-order valence-electron chi connectivity index (χ4n) is 4.23. The van der Waals surface area contributed by atoms with Crippen molar-refractivity contribution in [1.29, 1.82) is 0 Å². The molecule has 1 aromatic carbocycles. The molecule has 1 N–H and O–H groups in total. The molecule has 0 bridgehead atoms. The molecule has 0 saturated carbocycles. The number of hydrogen-bond donors (Lipinski definition) is 1. The van der Waals surface area contributed by atoms with E-state index < -0.39 is 29.6 Å². The number of aromatic nitrogens is 1. The Morgan fingerprint density at radius 1 is 1.06 bits per heavy atom. The largest absolute Gasteiger partial charge is 0.490 e. The maximum Gasteiger partial charge on any atom is 0.417 e. The van der Waals surface area contributed by atoms with Crippen molar-refractivity contribution in [2.45, 2.75) is 76.6 Å². The van der Waals surface area contributed by atoms with E-state index in [1.807, 2.05) is 18.7 Å². The summed E-state index contributed by atoms with van der Waals surface area (Å²) in [4.78, 5) is 5.92. The Labute approximate surface area is 194 Å². The van der Waals surface area contributed by atoms with Gasteiger partial charge in [-0.1, -0.05) is 20.3 Å².